The van der Waals surface area contributed by atoms with E-state index in [1.54, 1.807) is 44.4 Å². The van der Waals surface area contributed by atoms with Crippen LogP contribution in [-0.2, 0) is 10.3 Å². The number of amides is 1. The van der Waals surface area contributed by atoms with Crippen LogP contribution in [0.5, 0.6) is 0 Å². The van der Waals surface area contributed by atoms with Crippen LogP contribution in [0.2, 0.25) is 0 Å². The normalized spacial score (nSPS) is 13.7. The summed E-state index contributed by atoms with van der Waals surface area (Å²) < 4.78 is 0. The van der Waals surface area contributed by atoms with E-state index >= 15 is 0 Å². The number of nitrogens with two attached hydrogens (primary N) is 1. The van der Waals surface area contributed by atoms with Crippen LogP contribution in [0.25, 0.3) is 0 Å². The van der Waals surface area contributed by atoms with E-state index in [1.807, 2.05) is 6.07 Å². The van der Waals surface area contributed by atoms with E-state index in [-0.39, 0.29) is 0 Å². The van der Waals surface area contributed by atoms with Gasteiger partial charge in [-0.25, -0.2) is 0 Å². The molecule has 0 saturated carbocycles. The van der Waals surface area contributed by atoms with Crippen molar-refractivity contribution in [3.63, 3.8) is 0 Å². The molecule has 4 nitrogen and oxygen atoms in total. The molecule has 0 aliphatic carbocycles. The molecular weight excluding hydrogens is 190 g/mol. The van der Waals surface area contributed by atoms with Crippen LogP contribution in [0.1, 0.15) is 5.56 Å². The number of nitrogens with zero attached hydrogens (tertiary/aromatic N) is 2. The van der Waals surface area contributed by atoms with Gasteiger partial charge in [0.1, 0.15) is 0 Å². The molecule has 4 heteroatoms. The molecule has 0 saturated heterocycles. The van der Waals surface area contributed by atoms with Crippen molar-refractivity contribution in [2.24, 2.45) is 5.73 Å². The van der Waals surface area contributed by atoms with E-state index in [1.165, 1.54) is 4.90 Å². The minimum Gasteiger partial charge on any atom is -0.346 e. The van der Waals surface area contributed by atoms with Gasteiger partial charge in [0, 0.05) is 14.1 Å². The Bertz CT molecular complexity index is 394. The first-order valence-electron chi connectivity index (χ1n) is 4.50. The van der Waals surface area contributed by atoms with Crippen LogP contribution < -0.4 is 5.73 Å². The van der Waals surface area contributed by atoms with E-state index in [2.05, 4.69) is 0 Å². The molecular formula is C11H13N3O. The minimum absolute atomic E-state index is 0.420. The van der Waals surface area contributed by atoms with Gasteiger partial charge in [-0.1, -0.05) is 30.3 Å². The predicted octanol–water partition coefficient (Wildman–Crippen LogP) is 0.452. The van der Waals surface area contributed by atoms with E-state index in [0.717, 1.165) is 0 Å². The van der Waals surface area contributed by atoms with Crippen molar-refractivity contribution >= 4 is 5.91 Å². The molecule has 1 rings (SSSR count). The fourth-order valence-corrected chi connectivity index (χ4v) is 1.29. The SMILES string of the molecule is CN(C)C(=O)C(N)(C#N)c1ccccc1. The number of likely N-dealkylation sites (N-methyl/N-ethyl adjacent to an activating group) is 1. The summed E-state index contributed by atoms with van der Waals surface area (Å²) >= 11 is 0. The minimum atomic E-state index is -1.59. The van der Waals surface area contributed by atoms with Crippen LogP contribution in [0.3, 0.4) is 0 Å². The van der Waals surface area contributed by atoms with E-state index in [4.69, 9.17) is 11.0 Å². The molecule has 0 aromatic heterocycles. The molecule has 1 aromatic carbocycles. The predicted molar refractivity (Wildman–Crippen MR) is 56.6 cm³/mol. The quantitative estimate of drug-likeness (QED) is 0.758. The van der Waals surface area contributed by atoms with E-state index < -0.39 is 11.4 Å². The summed E-state index contributed by atoms with van der Waals surface area (Å²) in [5.74, 6) is -0.420. The zero-order valence-electron chi connectivity index (χ0n) is 8.77. The Hall–Kier alpha value is -1.86. The number of rotatable bonds is 2. The van der Waals surface area contributed by atoms with Crippen molar-refractivity contribution in [3.8, 4) is 6.07 Å². The van der Waals surface area contributed by atoms with Crippen molar-refractivity contribution in [3.05, 3.63) is 35.9 Å². The lowest BCUT2D eigenvalue weighted by Crippen LogP contribution is -2.49. The molecule has 1 atom stereocenters. The Morgan fingerprint density at radius 2 is 1.93 bits per heavy atom. The summed E-state index contributed by atoms with van der Waals surface area (Å²) in [6, 6.07) is 10.5. The monoisotopic (exact) mass is 203 g/mol. The molecule has 0 spiro atoms. The first-order chi connectivity index (χ1) is 7.02. The highest BCUT2D eigenvalue weighted by Gasteiger charge is 2.37. The molecule has 2 N–H and O–H groups in total. The fraction of sp³-hybridized carbons (Fsp3) is 0.273. The fourth-order valence-electron chi connectivity index (χ4n) is 1.29. The highest BCUT2D eigenvalue weighted by molar-refractivity contribution is 5.90. The van der Waals surface area contributed by atoms with Gasteiger partial charge in [-0.3, -0.25) is 4.79 Å². The summed E-state index contributed by atoms with van der Waals surface area (Å²) in [5, 5.41) is 9.04. The highest BCUT2D eigenvalue weighted by Crippen LogP contribution is 2.18. The first kappa shape index (κ1) is 11.2. The summed E-state index contributed by atoms with van der Waals surface area (Å²) in [6.07, 6.45) is 0. The summed E-state index contributed by atoms with van der Waals surface area (Å²) in [6.45, 7) is 0. The van der Waals surface area contributed by atoms with E-state index in [9.17, 15) is 4.79 Å². The van der Waals surface area contributed by atoms with Crippen LogP contribution in [0.4, 0.5) is 0 Å². The number of benzene rings is 1. The molecule has 0 aliphatic heterocycles. The molecule has 1 unspecified atom stereocenters. The Labute approximate surface area is 88.9 Å². The van der Waals surface area contributed by atoms with Crippen LogP contribution in [0.15, 0.2) is 30.3 Å². The second kappa shape index (κ2) is 4.11. The second-order valence-electron chi connectivity index (χ2n) is 3.49. The van der Waals surface area contributed by atoms with Gasteiger partial charge in [-0.2, -0.15) is 5.26 Å². The molecule has 1 amide bonds. The highest BCUT2D eigenvalue weighted by atomic mass is 16.2. The van der Waals surface area contributed by atoms with Gasteiger partial charge in [0.15, 0.2) is 0 Å². The largest absolute Gasteiger partial charge is 0.346 e. The lowest BCUT2D eigenvalue weighted by molar-refractivity contribution is -0.132. The lowest BCUT2D eigenvalue weighted by Gasteiger charge is -2.24. The summed E-state index contributed by atoms with van der Waals surface area (Å²) in [7, 11) is 3.15. The molecule has 0 heterocycles. The number of carbonyl (C=O) groups excluding carboxylic acids is 1. The molecule has 0 aliphatic rings. The Morgan fingerprint density at radius 3 is 2.33 bits per heavy atom. The lowest BCUT2D eigenvalue weighted by atomic mass is 9.91. The molecule has 15 heavy (non-hydrogen) atoms. The number of nitriles is 1. The van der Waals surface area contributed by atoms with Gasteiger partial charge in [0.25, 0.3) is 5.91 Å². The van der Waals surface area contributed by atoms with Crippen LogP contribution >= 0.6 is 0 Å². The maximum atomic E-state index is 11.8. The van der Waals surface area contributed by atoms with Gasteiger partial charge in [-0.05, 0) is 5.56 Å². The van der Waals surface area contributed by atoms with Gasteiger partial charge in [0.2, 0.25) is 5.54 Å². The maximum absolute atomic E-state index is 11.8. The Balaban J connectivity index is 3.19. The van der Waals surface area contributed by atoms with Crippen molar-refractivity contribution in [1.29, 1.82) is 5.26 Å². The number of hydrogen-bond acceptors (Lipinski definition) is 3. The number of carbonyl (C=O) groups is 1. The van der Waals surface area contributed by atoms with Gasteiger partial charge < -0.3 is 10.6 Å². The van der Waals surface area contributed by atoms with Crippen LogP contribution in [0, 0.1) is 11.3 Å². The third kappa shape index (κ3) is 1.97. The van der Waals surface area contributed by atoms with Crippen molar-refractivity contribution in [2.75, 3.05) is 14.1 Å². The van der Waals surface area contributed by atoms with Gasteiger partial charge in [0.05, 0.1) is 6.07 Å². The maximum Gasteiger partial charge on any atom is 0.261 e. The van der Waals surface area contributed by atoms with E-state index in [0.29, 0.717) is 5.56 Å². The summed E-state index contributed by atoms with van der Waals surface area (Å²) in [5.41, 5.74) is 4.72. The van der Waals surface area contributed by atoms with Gasteiger partial charge >= 0.3 is 0 Å². The molecule has 78 valence electrons. The topological polar surface area (TPSA) is 70.1 Å². The van der Waals surface area contributed by atoms with Crippen molar-refractivity contribution in [2.45, 2.75) is 5.54 Å². The second-order valence-corrected chi connectivity index (χ2v) is 3.49. The smallest absolute Gasteiger partial charge is 0.261 e. The Morgan fingerprint density at radius 1 is 1.40 bits per heavy atom. The standard InChI is InChI=1S/C11H13N3O/c1-14(2)10(15)11(13,8-12)9-6-4-3-5-7-9/h3-7H,13H2,1-2H3. The zero-order chi connectivity index (χ0) is 11.5. The van der Waals surface area contributed by atoms with Gasteiger partial charge in [-0.15, -0.1) is 0 Å². The average molecular weight is 203 g/mol. The zero-order valence-corrected chi connectivity index (χ0v) is 8.77. The Kier molecular flexibility index (Phi) is 3.08. The van der Waals surface area contributed by atoms with Crippen molar-refractivity contribution < 1.29 is 4.79 Å². The van der Waals surface area contributed by atoms with Crippen LogP contribution in [-0.4, -0.2) is 24.9 Å². The third-order valence-corrected chi connectivity index (χ3v) is 2.15. The molecule has 1 aromatic rings. The number of hydrogen-bond donors (Lipinski definition) is 1. The molecule has 0 fully saturated rings. The third-order valence-electron chi connectivity index (χ3n) is 2.15. The summed E-state index contributed by atoms with van der Waals surface area (Å²) in [4.78, 5) is 13.1. The average Bonchev–Trinajstić information content (AvgIpc) is 2.28. The first-order valence-corrected chi connectivity index (χ1v) is 4.50. The molecule has 0 radical (unpaired) electrons. The van der Waals surface area contributed by atoms with Crippen molar-refractivity contribution in [1.82, 2.24) is 4.90 Å². The molecule has 0 bridgehead atoms.